The maximum atomic E-state index is 13.8. The number of halogens is 3. The predicted octanol–water partition coefficient (Wildman–Crippen LogP) is 2.27. The summed E-state index contributed by atoms with van der Waals surface area (Å²) in [5.74, 6) is -2.35. The fourth-order valence-electron chi connectivity index (χ4n) is 1.36. The predicted molar refractivity (Wildman–Crippen MR) is 56.0 cm³/mol. The molecule has 7 heteroatoms. The van der Waals surface area contributed by atoms with Crippen LogP contribution in [0.2, 0.25) is 0 Å². The lowest BCUT2D eigenvalue weighted by molar-refractivity contribution is -0.142. The van der Waals surface area contributed by atoms with Crippen LogP contribution in [0.5, 0.6) is 5.75 Å². The Kier molecular flexibility index (Phi) is 4.94. The maximum absolute atomic E-state index is 13.8. The first kappa shape index (κ1) is 14.3. The van der Waals surface area contributed by atoms with Gasteiger partial charge in [-0.15, -0.1) is 0 Å². The van der Waals surface area contributed by atoms with Crippen LogP contribution in [-0.2, 0) is 16.0 Å². The molecule has 0 N–H and O–H groups in total. The van der Waals surface area contributed by atoms with E-state index in [1.165, 1.54) is 0 Å². The SMILES string of the molecule is CCOC(=O)Cc1ncc(C(F)F)c(OC)c1F. The van der Waals surface area contributed by atoms with Crippen LogP contribution in [0.25, 0.3) is 0 Å². The summed E-state index contributed by atoms with van der Waals surface area (Å²) in [6.45, 7) is 1.74. The summed E-state index contributed by atoms with van der Waals surface area (Å²) in [5.41, 5.74) is -0.933. The Morgan fingerprint density at radius 1 is 1.50 bits per heavy atom. The molecule has 1 aromatic rings. The lowest BCUT2D eigenvalue weighted by Gasteiger charge is -2.11. The first-order chi connectivity index (χ1) is 8.51. The summed E-state index contributed by atoms with van der Waals surface area (Å²) in [7, 11) is 1.07. The Morgan fingerprint density at radius 2 is 2.17 bits per heavy atom. The minimum absolute atomic E-state index is 0.146. The van der Waals surface area contributed by atoms with E-state index in [2.05, 4.69) is 14.5 Å². The second kappa shape index (κ2) is 6.23. The first-order valence-corrected chi connectivity index (χ1v) is 5.16. The average Bonchev–Trinajstić information content (AvgIpc) is 2.31. The van der Waals surface area contributed by atoms with Crippen molar-refractivity contribution in [3.8, 4) is 5.75 Å². The van der Waals surface area contributed by atoms with E-state index in [1.54, 1.807) is 6.92 Å². The molecule has 0 radical (unpaired) electrons. The van der Waals surface area contributed by atoms with Crippen molar-refractivity contribution in [2.24, 2.45) is 0 Å². The zero-order valence-corrected chi connectivity index (χ0v) is 9.87. The van der Waals surface area contributed by atoms with Gasteiger partial charge in [-0.3, -0.25) is 9.78 Å². The molecule has 100 valence electrons. The second-order valence-electron chi connectivity index (χ2n) is 3.29. The molecule has 0 fully saturated rings. The van der Waals surface area contributed by atoms with Crippen LogP contribution >= 0.6 is 0 Å². The molecule has 0 saturated carbocycles. The summed E-state index contributed by atoms with van der Waals surface area (Å²) in [6, 6.07) is 0. The number of aromatic nitrogens is 1. The second-order valence-corrected chi connectivity index (χ2v) is 3.29. The summed E-state index contributed by atoms with van der Waals surface area (Å²) in [6.07, 6.45) is -2.54. The largest absolute Gasteiger partial charge is 0.493 e. The minimum Gasteiger partial charge on any atom is -0.493 e. The molecule has 0 amide bonds. The van der Waals surface area contributed by atoms with Crippen LogP contribution < -0.4 is 4.74 Å². The Hall–Kier alpha value is -1.79. The molecular weight excluding hydrogens is 251 g/mol. The standard InChI is InChI=1S/C11H12F3NO3/c1-3-18-8(16)4-7-9(12)10(17-2)6(5-15-7)11(13)14/h5,11H,3-4H2,1-2H3. The van der Waals surface area contributed by atoms with E-state index in [0.29, 0.717) is 0 Å². The molecule has 0 aromatic carbocycles. The van der Waals surface area contributed by atoms with Gasteiger partial charge in [0.25, 0.3) is 6.43 Å². The monoisotopic (exact) mass is 263 g/mol. The number of carbonyl (C=O) groups is 1. The lowest BCUT2D eigenvalue weighted by Crippen LogP contribution is -2.12. The van der Waals surface area contributed by atoms with Gasteiger partial charge >= 0.3 is 5.97 Å². The number of pyridine rings is 1. The van der Waals surface area contributed by atoms with Crippen molar-refractivity contribution in [3.63, 3.8) is 0 Å². The maximum Gasteiger partial charge on any atom is 0.311 e. The summed E-state index contributed by atoms with van der Waals surface area (Å²) < 4.78 is 48.0. The molecule has 0 spiro atoms. The van der Waals surface area contributed by atoms with E-state index < -0.39 is 35.9 Å². The van der Waals surface area contributed by atoms with Crippen molar-refractivity contribution < 1.29 is 27.4 Å². The molecule has 0 aliphatic rings. The van der Waals surface area contributed by atoms with Crippen molar-refractivity contribution in [2.75, 3.05) is 13.7 Å². The molecule has 18 heavy (non-hydrogen) atoms. The van der Waals surface area contributed by atoms with Crippen molar-refractivity contribution in [1.82, 2.24) is 4.98 Å². The number of carbonyl (C=O) groups excluding carboxylic acids is 1. The van der Waals surface area contributed by atoms with Crippen molar-refractivity contribution in [3.05, 3.63) is 23.3 Å². The van der Waals surface area contributed by atoms with Gasteiger partial charge in [0.15, 0.2) is 11.6 Å². The fraction of sp³-hybridized carbons (Fsp3) is 0.455. The van der Waals surface area contributed by atoms with E-state index in [4.69, 9.17) is 0 Å². The van der Waals surface area contributed by atoms with Gasteiger partial charge in [-0.25, -0.2) is 13.2 Å². The van der Waals surface area contributed by atoms with Crippen molar-refractivity contribution >= 4 is 5.97 Å². The fourth-order valence-corrected chi connectivity index (χ4v) is 1.36. The Bertz CT molecular complexity index is 438. The molecular formula is C11H12F3NO3. The Balaban J connectivity index is 3.05. The van der Waals surface area contributed by atoms with Crippen LogP contribution in [0.15, 0.2) is 6.20 Å². The van der Waals surface area contributed by atoms with Crippen LogP contribution in [-0.4, -0.2) is 24.7 Å². The highest BCUT2D eigenvalue weighted by molar-refractivity contribution is 5.72. The number of hydrogen-bond acceptors (Lipinski definition) is 4. The van der Waals surface area contributed by atoms with Crippen LogP contribution in [0, 0.1) is 5.82 Å². The molecule has 0 aliphatic heterocycles. The summed E-state index contributed by atoms with van der Waals surface area (Å²) >= 11 is 0. The normalized spacial score (nSPS) is 10.6. The van der Waals surface area contributed by atoms with E-state index in [0.717, 1.165) is 13.3 Å². The molecule has 0 saturated heterocycles. The first-order valence-electron chi connectivity index (χ1n) is 5.16. The summed E-state index contributed by atoms with van der Waals surface area (Å²) in [4.78, 5) is 14.7. The number of methoxy groups -OCH3 is 1. The molecule has 1 aromatic heterocycles. The molecule has 0 aliphatic carbocycles. The van der Waals surface area contributed by atoms with Crippen LogP contribution in [0.3, 0.4) is 0 Å². The van der Waals surface area contributed by atoms with Gasteiger partial charge in [-0.05, 0) is 6.92 Å². The van der Waals surface area contributed by atoms with E-state index in [1.807, 2.05) is 0 Å². The van der Waals surface area contributed by atoms with Gasteiger partial charge in [0.1, 0.15) is 0 Å². The highest BCUT2D eigenvalue weighted by Crippen LogP contribution is 2.31. The van der Waals surface area contributed by atoms with Crippen molar-refractivity contribution in [2.45, 2.75) is 19.8 Å². The molecule has 0 bridgehead atoms. The zero-order chi connectivity index (χ0) is 13.7. The zero-order valence-electron chi connectivity index (χ0n) is 9.87. The number of hydrogen-bond donors (Lipinski definition) is 0. The van der Waals surface area contributed by atoms with Gasteiger partial charge in [0.05, 0.1) is 31.4 Å². The number of nitrogens with zero attached hydrogens (tertiary/aromatic N) is 1. The Labute approximate surface area is 102 Å². The lowest BCUT2D eigenvalue weighted by atomic mass is 10.2. The van der Waals surface area contributed by atoms with E-state index >= 15 is 0 Å². The smallest absolute Gasteiger partial charge is 0.311 e. The summed E-state index contributed by atoms with van der Waals surface area (Å²) in [5, 5.41) is 0. The molecule has 1 heterocycles. The van der Waals surface area contributed by atoms with Gasteiger partial charge < -0.3 is 9.47 Å². The van der Waals surface area contributed by atoms with Crippen LogP contribution in [0.4, 0.5) is 13.2 Å². The molecule has 0 atom stereocenters. The van der Waals surface area contributed by atoms with Gasteiger partial charge in [-0.2, -0.15) is 0 Å². The topological polar surface area (TPSA) is 48.4 Å². The van der Waals surface area contributed by atoms with Gasteiger partial charge in [0, 0.05) is 6.20 Å². The van der Waals surface area contributed by atoms with Gasteiger partial charge in [-0.1, -0.05) is 0 Å². The van der Waals surface area contributed by atoms with Crippen molar-refractivity contribution in [1.29, 1.82) is 0 Å². The number of alkyl halides is 2. The number of esters is 1. The highest BCUT2D eigenvalue weighted by Gasteiger charge is 2.22. The molecule has 0 unspecified atom stereocenters. The number of ether oxygens (including phenoxy) is 2. The van der Waals surface area contributed by atoms with Gasteiger partial charge in [0.2, 0.25) is 0 Å². The van der Waals surface area contributed by atoms with E-state index in [-0.39, 0.29) is 12.3 Å². The molecule has 4 nitrogen and oxygen atoms in total. The molecule has 1 rings (SSSR count). The van der Waals surface area contributed by atoms with E-state index in [9.17, 15) is 18.0 Å². The minimum atomic E-state index is -2.90. The third kappa shape index (κ3) is 3.12. The third-order valence-electron chi connectivity index (χ3n) is 2.13. The average molecular weight is 263 g/mol. The quantitative estimate of drug-likeness (QED) is 0.765. The third-order valence-corrected chi connectivity index (χ3v) is 2.13. The number of rotatable bonds is 5. The van der Waals surface area contributed by atoms with Crippen LogP contribution in [0.1, 0.15) is 24.6 Å². The Morgan fingerprint density at radius 3 is 2.67 bits per heavy atom. The highest BCUT2D eigenvalue weighted by atomic mass is 19.3.